The van der Waals surface area contributed by atoms with Crippen molar-refractivity contribution in [2.24, 2.45) is 0 Å². The quantitative estimate of drug-likeness (QED) is 0.798. The van der Waals surface area contributed by atoms with Gasteiger partial charge in [0.05, 0.1) is 10.0 Å². The molecule has 0 saturated carbocycles. The summed E-state index contributed by atoms with van der Waals surface area (Å²) in [5.74, 6) is 0.704. The maximum Gasteiger partial charge on any atom is 0.293 e. The first-order chi connectivity index (χ1) is 12.3. The van der Waals surface area contributed by atoms with E-state index in [9.17, 15) is 4.79 Å². The number of hydrogen-bond acceptors (Lipinski definition) is 4. The Kier molecular flexibility index (Phi) is 7.14. The molecular formula is C18H24Cl3N5O. The van der Waals surface area contributed by atoms with E-state index in [1.165, 1.54) is 0 Å². The normalized spacial score (nSPS) is 19.9. The number of carbonyl (C=O) groups is 1. The number of benzene rings is 1. The number of aromatic nitrogens is 3. The number of hydrogen-bond donors (Lipinski definition) is 1. The first-order valence-corrected chi connectivity index (χ1v) is 9.52. The molecule has 2 heterocycles. The fourth-order valence-electron chi connectivity index (χ4n) is 3.12. The molecule has 2 unspecified atom stereocenters. The van der Waals surface area contributed by atoms with Crippen molar-refractivity contribution in [3.8, 4) is 5.69 Å². The van der Waals surface area contributed by atoms with E-state index < -0.39 is 0 Å². The molecular weight excluding hydrogens is 409 g/mol. The van der Waals surface area contributed by atoms with Gasteiger partial charge in [-0.1, -0.05) is 43.1 Å². The molecule has 1 N–H and O–H groups in total. The number of rotatable bonds is 3. The van der Waals surface area contributed by atoms with Crippen LogP contribution in [-0.4, -0.2) is 50.7 Å². The minimum atomic E-state index is -0.172. The largest absolute Gasteiger partial charge is 0.330 e. The Hall–Kier alpha value is -1.34. The Balaban J connectivity index is 0.00000261. The molecule has 9 heteroatoms. The summed E-state index contributed by atoms with van der Waals surface area (Å²) in [4.78, 5) is 19.4. The second-order valence-electron chi connectivity index (χ2n) is 6.91. The lowest BCUT2D eigenvalue weighted by Gasteiger charge is -2.37. The van der Waals surface area contributed by atoms with Crippen molar-refractivity contribution in [1.29, 1.82) is 0 Å². The van der Waals surface area contributed by atoms with Crippen molar-refractivity contribution in [3.05, 3.63) is 39.9 Å². The topological polar surface area (TPSA) is 63.1 Å². The molecule has 0 radical (unpaired) electrons. The lowest BCUT2D eigenvalue weighted by atomic mass is 10.1. The number of halogens is 3. The van der Waals surface area contributed by atoms with E-state index in [0.29, 0.717) is 28.1 Å². The highest BCUT2D eigenvalue weighted by Crippen LogP contribution is 2.30. The van der Waals surface area contributed by atoms with E-state index in [0.717, 1.165) is 6.54 Å². The van der Waals surface area contributed by atoms with Crippen LogP contribution in [0, 0.1) is 0 Å². The third-order valence-corrected chi connectivity index (χ3v) is 5.39. The maximum absolute atomic E-state index is 13.0. The van der Waals surface area contributed by atoms with Gasteiger partial charge >= 0.3 is 0 Å². The van der Waals surface area contributed by atoms with Crippen LogP contribution in [0.25, 0.3) is 5.69 Å². The van der Waals surface area contributed by atoms with Gasteiger partial charge in [-0.05, 0) is 26.0 Å². The van der Waals surface area contributed by atoms with E-state index in [4.69, 9.17) is 23.2 Å². The van der Waals surface area contributed by atoms with Crippen molar-refractivity contribution in [3.63, 3.8) is 0 Å². The van der Waals surface area contributed by atoms with Gasteiger partial charge in [0, 0.05) is 31.1 Å². The van der Waals surface area contributed by atoms with Gasteiger partial charge < -0.3 is 10.2 Å². The van der Waals surface area contributed by atoms with Gasteiger partial charge in [-0.2, -0.15) is 0 Å². The molecule has 1 fully saturated rings. The summed E-state index contributed by atoms with van der Waals surface area (Å²) in [6.07, 6.45) is 0. The molecule has 0 spiro atoms. The second-order valence-corrected chi connectivity index (χ2v) is 7.73. The molecule has 0 aliphatic carbocycles. The van der Waals surface area contributed by atoms with Crippen molar-refractivity contribution >= 4 is 41.5 Å². The summed E-state index contributed by atoms with van der Waals surface area (Å²) in [7, 11) is 0. The van der Waals surface area contributed by atoms with Gasteiger partial charge in [-0.25, -0.2) is 9.67 Å². The summed E-state index contributed by atoms with van der Waals surface area (Å²) in [5.41, 5.74) is 0.549. The zero-order valence-electron chi connectivity index (χ0n) is 15.7. The van der Waals surface area contributed by atoms with Crippen LogP contribution in [0.3, 0.4) is 0 Å². The summed E-state index contributed by atoms with van der Waals surface area (Å²) in [6.45, 7) is 9.47. The molecule has 1 saturated heterocycles. The number of amides is 1. The van der Waals surface area contributed by atoms with E-state index in [1.807, 2.05) is 25.7 Å². The van der Waals surface area contributed by atoms with Crippen molar-refractivity contribution in [2.45, 2.75) is 45.7 Å². The Morgan fingerprint density at radius 3 is 2.48 bits per heavy atom. The highest BCUT2D eigenvalue weighted by atomic mass is 35.5. The second kappa shape index (κ2) is 8.78. The van der Waals surface area contributed by atoms with Crippen LogP contribution in [-0.2, 0) is 0 Å². The molecule has 1 aromatic heterocycles. The van der Waals surface area contributed by atoms with Gasteiger partial charge in [-0.15, -0.1) is 17.5 Å². The third kappa shape index (κ3) is 4.24. The zero-order chi connectivity index (χ0) is 19.0. The predicted molar refractivity (Wildman–Crippen MR) is 111 cm³/mol. The summed E-state index contributed by atoms with van der Waals surface area (Å²) in [6, 6.07) is 5.55. The Labute approximate surface area is 175 Å². The molecule has 148 valence electrons. The molecule has 27 heavy (non-hydrogen) atoms. The van der Waals surface area contributed by atoms with Crippen molar-refractivity contribution in [2.75, 3.05) is 13.1 Å². The molecule has 1 amide bonds. The van der Waals surface area contributed by atoms with Crippen LogP contribution in [0.5, 0.6) is 0 Å². The third-order valence-electron chi connectivity index (χ3n) is 4.78. The molecule has 1 aliphatic heterocycles. The van der Waals surface area contributed by atoms with Crippen LogP contribution in [0.15, 0.2) is 18.2 Å². The van der Waals surface area contributed by atoms with E-state index in [-0.39, 0.29) is 42.1 Å². The van der Waals surface area contributed by atoms with Crippen LogP contribution in [0.1, 0.15) is 50.1 Å². The molecule has 6 nitrogen and oxygen atoms in total. The van der Waals surface area contributed by atoms with Crippen LogP contribution >= 0.6 is 35.6 Å². The minimum Gasteiger partial charge on any atom is -0.330 e. The fourth-order valence-corrected chi connectivity index (χ4v) is 3.67. The molecule has 2 aromatic rings. The van der Waals surface area contributed by atoms with Crippen LogP contribution < -0.4 is 5.32 Å². The average Bonchev–Trinajstić information content (AvgIpc) is 3.02. The smallest absolute Gasteiger partial charge is 0.293 e. The van der Waals surface area contributed by atoms with Crippen molar-refractivity contribution in [1.82, 2.24) is 25.0 Å². The Morgan fingerprint density at radius 2 is 1.89 bits per heavy atom. The van der Waals surface area contributed by atoms with Crippen LogP contribution in [0.2, 0.25) is 10.0 Å². The number of nitrogens with zero attached hydrogens (tertiary/aromatic N) is 4. The molecule has 3 rings (SSSR count). The zero-order valence-corrected chi connectivity index (χ0v) is 18.1. The molecule has 2 atom stereocenters. The Bertz CT molecular complexity index is 803. The minimum absolute atomic E-state index is 0. The lowest BCUT2D eigenvalue weighted by molar-refractivity contribution is 0.0590. The number of nitrogens with one attached hydrogen (secondary N) is 1. The van der Waals surface area contributed by atoms with Gasteiger partial charge in [0.25, 0.3) is 5.91 Å². The number of carbonyl (C=O) groups excluding carboxylic acids is 1. The van der Waals surface area contributed by atoms with Gasteiger partial charge in [0.2, 0.25) is 5.82 Å². The highest BCUT2D eigenvalue weighted by Gasteiger charge is 2.32. The van der Waals surface area contributed by atoms with Gasteiger partial charge in [0.1, 0.15) is 11.5 Å². The Morgan fingerprint density at radius 1 is 1.26 bits per heavy atom. The van der Waals surface area contributed by atoms with E-state index in [1.54, 1.807) is 22.9 Å². The first kappa shape index (κ1) is 22.0. The highest BCUT2D eigenvalue weighted by molar-refractivity contribution is 6.37. The van der Waals surface area contributed by atoms with Gasteiger partial charge in [-0.3, -0.25) is 4.79 Å². The van der Waals surface area contributed by atoms with Crippen LogP contribution in [0.4, 0.5) is 0 Å². The lowest BCUT2D eigenvalue weighted by Crippen LogP contribution is -2.57. The monoisotopic (exact) mass is 431 g/mol. The first-order valence-electron chi connectivity index (χ1n) is 8.77. The summed E-state index contributed by atoms with van der Waals surface area (Å²) >= 11 is 12.7. The predicted octanol–water partition coefficient (Wildman–Crippen LogP) is 3.94. The average molecular weight is 433 g/mol. The van der Waals surface area contributed by atoms with E-state index in [2.05, 4.69) is 22.3 Å². The van der Waals surface area contributed by atoms with Crippen molar-refractivity contribution < 1.29 is 4.79 Å². The maximum atomic E-state index is 13.0. The van der Waals surface area contributed by atoms with Gasteiger partial charge in [0.15, 0.2) is 0 Å². The fraction of sp³-hybridized carbons (Fsp3) is 0.500. The molecule has 1 aliphatic rings. The summed E-state index contributed by atoms with van der Waals surface area (Å²) in [5, 5.41) is 8.78. The number of piperazine rings is 1. The van der Waals surface area contributed by atoms with E-state index >= 15 is 0 Å². The molecule has 1 aromatic carbocycles. The summed E-state index contributed by atoms with van der Waals surface area (Å²) < 4.78 is 1.60. The standard InChI is InChI=1S/C18H23Cl2N5O.ClH/c1-10(2)17-22-16(18(26)24-9-8-21-11(3)12(24)4)23-25(17)15-13(19)6-5-7-14(15)20;/h5-7,10-12,21H,8-9H2,1-4H3;1H. The SMILES string of the molecule is CC(C)c1nc(C(=O)N2CCNC(C)C2C)nn1-c1c(Cl)cccc1Cl.Cl. The molecule has 0 bridgehead atoms. The number of para-hydroxylation sites is 1.